The summed E-state index contributed by atoms with van der Waals surface area (Å²) in [4.78, 5) is 2.50. The van der Waals surface area contributed by atoms with Crippen molar-refractivity contribution in [3.05, 3.63) is 35.9 Å². The summed E-state index contributed by atoms with van der Waals surface area (Å²) in [5.74, 6) is 0.571. The largest absolute Gasteiger partial charge is 0.310 e. The van der Waals surface area contributed by atoms with E-state index in [4.69, 9.17) is 0 Å². The van der Waals surface area contributed by atoms with Crippen LogP contribution in [0.25, 0.3) is 0 Å². The molecule has 0 amide bonds. The summed E-state index contributed by atoms with van der Waals surface area (Å²) >= 11 is 0. The van der Waals surface area contributed by atoms with E-state index in [2.05, 4.69) is 89.1 Å². The smallest absolute Gasteiger partial charge is 0.0358 e. The molecule has 1 N–H and O–H groups in total. The number of hydrogen-bond donors (Lipinski definition) is 1. The minimum Gasteiger partial charge on any atom is -0.310 e. The molecule has 1 aromatic carbocycles. The fourth-order valence-electron chi connectivity index (χ4n) is 2.91. The van der Waals surface area contributed by atoms with Crippen molar-refractivity contribution in [1.82, 2.24) is 10.2 Å². The van der Waals surface area contributed by atoms with E-state index in [1.807, 2.05) is 0 Å². The molecule has 0 bridgehead atoms. The monoisotopic (exact) mass is 290 g/mol. The quantitative estimate of drug-likeness (QED) is 0.803. The Bertz CT molecular complexity index is 394. The molecule has 0 aliphatic heterocycles. The molecule has 0 aliphatic carbocycles. The van der Waals surface area contributed by atoms with Gasteiger partial charge in [0.1, 0.15) is 0 Å². The zero-order valence-corrected chi connectivity index (χ0v) is 15.0. The highest BCUT2D eigenvalue weighted by atomic mass is 15.1. The highest BCUT2D eigenvalue weighted by Crippen LogP contribution is 2.27. The van der Waals surface area contributed by atoms with Crippen LogP contribution >= 0.6 is 0 Å². The van der Waals surface area contributed by atoms with Crippen LogP contribution in [0.3, 0.4) is 0 Å². The predicted molar refractivity (Wildman–Crippen MR) is 93.6 cm³/mol. The molecule has 0 fully saturated rings. The van der Waals surface area contributed by atoms with Crippen LogP contribution in [-0.2, 0) is 0 Å². The molecule has 3 atom stereocenters. The van der Waals surface area contributed by atoms with Gasteiger partial charge in [0.05, 0.1) is 0 Å². The van der Waals surface area contributed by atoms with E-state index in [1.54, 1.807) is 0 Å². The zero-order valence-electron chi connectivity index (χ0n) is 15.0. The Kier molecular flexibility index (Phi) is 6.89. The van der Waals surface area contributed by atoms with Crippen molar-refractivity contribution < 1.29 is 0 Å². The van der Waals surface area contributed by atoms with Crippen LogP contribution in [0.15, 0.2) is 30.3 Å². The van der Waals surface area contributed by atoms with Crippen LogP contribution in [0.5, 0.6) is 0 Å². The van der Waals surface area contributed by atoms with Gasteiger partial charge in [-0.3, -0.25) is 0 Å². The maximum atomic E-state index is 3.66. The van der Waals surface area contributed by atoms with Gasteiger partial charge >= 0.3 is 0 Å². The molecule has 1 rings (SSSR count). The van der Waals surface area contributed by atoms with Crippen LogP contribution in [0.4, 0.5) is 0 Å². The Morgan fingerprint density at radius 2 is 1.67 bits per heavy atom. The lowest BCUT2D eigenvalue weighted by Crippen LogP contribution is -2.43. The van der Waals surface area contributed by atoms with Crippen LogP contribution in [-0.4, -0.2) is 31.1 Å². The summed E-state index contributed by atoms with van der Waals surface area (Å²) in [5.41, 5.74) is 1.71. The highest BCUT2D eigenvalue weighted by Gasteiger charge is 2.27. The number of benzene rings is 1. The lowest BCUT2D eigenvalue weighted by molar-refractivity contribution is 0.117. The second-order valence-electron chi connectivity index (χ2n) is 7.40. The van der Waals surface area contributed by atoms with E-state index in [0.29, 0.717) is 23.4 Å². The van der Waals surface area contributed by atoms with Gasteiger partial charge in [0.25, 0.3) is 0 Å². The van der Waals surface area contributed by atoms with Crippen LogP contribution < -0.4 is 5.32 Å². The van der Waals surface area contributed by atoms with Gasteiger partial charge in [0, 0.05) is 18.6 Å². The van der Waals surface area contributed by atoms with E-state index < -0.39 is 0 Å². The molecule has 21 heavy (non-hydrogen) atoms. The van der Waals surface area contributed by atoms with Crippen molar-refractivity contribution in [2.24, 2.45) is 11.3 Å². The van der Waals surface area contributed by atoms with E-state index >= 15 is 0 Å². The summed E-state index contributed by atoms with van der Waals surface area (Å²) in [6.07, 6.45) is 0. The Hall–Kier alpha value is -0.860. The van der Waals surface area contributed by atoms with Gasteiger partial charge in [-0.25, -0.2) is 0 Å². The molecule has 0 aromatic heterocycles. The molecular formula is C19H34N2. The maximum Gasteiger partial charge on any atom is 0.0358 e. The molecule has 0 radical (unpaired) electrons. The molecule has 2 nitrogen and oxygen atoms in total. The second-order valence-corrected chi connectivity index (χ2v) is 7.40. The number of nitrogens with one attached hydrogen (secondary N) is 1. The normalized spacial score (nSPS) is 16.8. The van der Waals surface area contributed by atoms with Crippen LogP contribution in [0, 0.1) is 11.3 Å². The average Bonchev–Trinajstić information content (AvgIpc) is 2.43. The highest BCUT2D eigenvalue weighted by molar-refractivity contribution is 5.19. The van der Waals surface area contributed by atoms with E-state index in [9.17, 15) is 0 Å². The van der Waals surface area contributed by atoms with E-state index in [1.165, 1.54) is 5.56 Å². The maximum absolute atomic E-state index is 3.66. The van der Waals surface area contributed by atoms with Gasteiger partial charge in [-0.2, -0.15) is 0 Å². The summed E-state index contributed by atoms with van der Waals surface area (Å²) in [6, 6.07) is 11.8. The summed E-state index contributed by atoms with van der Waals surface area (Å²) < 4.78 is 0. The molecule has 0 heterocycles. The fraction of sp³-hybridized carbons (Fsp3) is 0.684. The Morgan fingerprint density at radius 3 is 2.14 bits per heavy atom. The molecular weight excluding hydrogens is 256 g/mol. The third-order valence-corrected chi connectivity index (χ3v) is 4.64. The van der Waals surface area contributed by atoms with E-state index in [0.717, 1.165) is 13.1 Å². The lowest BCUT2D eigenvalue weighted by atomic mass is 9.86. The summed E-state index contributed by atoms with van der Waals surface area (Å²) in [6.45, 7) is 15.9. The van der Waals surface area contributed by atoms with Gasteiger partial charge in [-0.1, -0.05) is 65.0 Å². The number of hydrogen-bond acceptors (Lipinski definition) is 2. The molecule has 2 heteroatoms. The van der Waals surface area contributed by atoms with Gasteiger partial charge in [0.2, 0.25) is 0 Å². The molecule has 0 spiro atoms. The van der Waals surface area contributed by atoms with Gasteiger partial charge < -0.3 is 10.2 Å². The van der Waals surface area contributed by atoms with Gasteiger partial charge in [0.15, 0.2) is 0 Å². The van der Waals surface area contributed by atoms with E-state index in [-0.39, 0.29) is 0 Å². The van der Waals surface area contributed by atoms with Gasteiger partial charge in [-0.05, 0) is 37.4 Å². The van der Waals surface area contributed by atoms with Crippen LogP contribution in [0.2, 0.25) is 0 Å². The molecule has 0 saturated heterocycles. The molecule has 120 valence electrons. The Balaban J connectivity index is 2.76. The van der Waals surface area contributed by atoms with Crippen molar-refractivity contribution >= 4 is 0 Å². The SMILES string of the molecule is CCNC(c1ccccc1)C(C)CN(C)C(C)C(C)(C)C. The van der Waals surface area contributed by atoms with Crippen LogP contribution in [0.1, 0.15) is 53.1 Å². The predicted octanol–water partition coefficient (Wildman–Crippen LogP) is 4.34. The standard InChI is InChI=1S/C19H34N2/c1-8-20-18(17-12-10-9-11-13-17)15(2)14-21(7)16(3)19(4,5)6/h9-13,15-16,18,20H,8,14H2,1-7H3. The molecule has 1 aromatic rings. The summed E-state index contributed by atoms with van der Waals surface area (Å²) in [7, 11) is 2.25. The average molecular weight is 290 g/mol. The third-order valence-electron chi connectivity index (χ3n) is 4.64. The zero-order chi connectivity index (χ0) is 16.0. The Morgan fingerprint density at radius 1 is 1.10 bits per heavy atom. The number of nitrogens with zero attached hydrogens (tertiary/aromatic N) is 1. The van der Waals surface area contributed by atoms with Crippen molar-refractivity contribution in [3.8, 4) is 0 Å². The third kappa shape index (κ3) is 5.44. The lowest BCUT2D eigenvalue weighted by Gasteiger charge is -2.38. The molecule has 0 saturated carbocycles. The van der Waals surface area contributed by atoms with Crippen molar-refractivity contribution in [2.45, 2.75) is 53.6 Å². The fourth-order valence-corrected chi connectivity index (χ4v) is 2.91. The first-order valence-corrected chi connectivity index (χ1v) is 8.26. The number of rotatable bonds is 7. The van der Waals surface area contributed by atoms with Crippen molar-refractivity contribution in [3.63, 3.8) is 0 Å². The van der Waals surface area contributed by atoms with Crippen molar-refractivity contribution in [1.29, 1.82) is 0 Å². The van der Waals surface area contributed by atoms with Gasteiger partial charge in [-0.15, -0.1) is 0 Å². The minimum atomic E-state index is 0.314. The first-order valence-electron chi connectivity index (χ1n) is 8.26. The first-order chi connectivity index (χ1) is 9.77. The second kappa shape index (κ2) is 7.95. The minimum absolute atomic E-state index is 0.314. The molecule has 0 aliphatic rings. The van der Waals surface area contributed by atoms with Crippen molar-refractivity contribution in [2.75, 3.05) is 20.1 Å². The summed E-state index contributed by atoms with van der Waals surface area (Å²) in [5, 5.41) is 3.66. The topological polar surface area (TPSA) is 15.3 Å². The Labute approximate surface area is 131 Å². The molecule has 3 unspecified atom stereocenters. The first kappa shape index (κ1) is 18.2.